The van der Waals surface area contributed by atoms with Crippen molar-refractivity contribution in [2.75, 3.05) is 25.0 Å². The highest BCUT2D eigenvalue weighted by atomic mass is 16.5. The van der Waals surface area contributed by atoms with Gasteiger partial charge in [0.2, 0.25) is 5.89 Å². The first kappa shape index (κ1) is 16.1. The quantitative estimate of drug-likeness (QED) is 0.917. The van der Waals surface area contributed by atoms with Gasteiger partial charge in [0.15, 0.2) is 12.4 Å². The van der Waals surface area contributed by atoms with Gasteiger partial charge in [0.25, 0.3) is 5.91 Å². The lowest BCUT2D eigenvalue weighted by atomic mass is 9.94. The van der Waals surface area contributed by atoms with E-state index in [9.17, 15) is 4.79 Å². The second-order valence-corrected chi connectivity index (χ2v) is 6.84. The van der Waals surface area contributed by atoms with Crippen molar-refractivity contribution in [2.45, 2.75) is 32.7 Å². The highest BCUT2D eigenvalue weighted by molar-refractivity contribution is 5.95. The second kappa shape index (κ2) is 6.84. The third-order valence-corrected chi connectivity index (χ3v) is 4.73. The molecule has 2 aromatic rings. The van der Waals surface area contributed by atoms with Crippen LogP contribution in [0.15, 0.2) is 22.7 Å². The van der Waals surface area contributed by atoms with Gasteiger partial charge < -0.3 is 14.6 Å². The number of carbonyl (C=O) groups excluding carboxylic acids is 1. The first-order valence-electron chi connectivity index (χ1n) is 8.73. The molecular formula is C18H22N4O3. The highest BCUT2D eigenvalue weighted by Gasteiger charge is 2.23. The molecule has 1 unspecified atom stereocenters. The van der Waals surface area contributed by atoms with Crippen LogP contribution in [0.3, 0.4) is 0 Å². The summed E-state index contributed by atoms with van der Waals surface area (Å²) in [6.45, 7) is 4.89. The van der Waals surface area contributed by atoms with E-state index in [4.69, 9.17) is 9.26 Å². The molecule has 7 nitrogen and oxygen atoms in total. The standard InChI is InChI=1S/C18H22N4O3/c1-12-19-17(21-25-12)8-13-3-2-6-22(9-13)10-14-4-5-16-15(7-14)20-18(23)11-24-16/h4-5,7,13H,2-3,6,8-11H2,1H3,(H,20,23). The molecule has 1 N–H and O–H groups in total. The van der Waals surface area contributed by atoms with E-state index in [0.29, 0.717) is 11.8 Å². The molecule has 3 heterocycles. The zero-order valence-corrected chi connectivity index (χ0v) is 14.3. The Morgan fingerprint density at radius 1 is 1.40 bits per heavy atom. The van der Waals surface area contributed by atoms with Crippen molar-refractivity contribution in [2.24, 2.45) is 5.92 Å². The summed E-state index contributed by atoms with van der Waals surface area (Å²) in [5.74, 6) is 2.62. The smallest absolute Gasteiger partial charge is 0.262 e. The van der Waals surface area contributed by atoms with Gasteiger partial charge in [-0.15, -0.1) is 0 Å². The van der Waals surface area contributed by atoms with Gasteiger partial charge >= 0.3 is 0 Å². The van der Waals surface area contributed by atoms with E-state index in [1.54, 1.807) is 0 Å². The molecule has 25 heavy (non-hydrogen) atoms. The Labute approximate surface area is 146 Å². The monoisotopic (exact) mass is 342 g/mol. The number of carbonyl (C=O) groups is 1. The van der Waals surface area contributed by atoms with Crippen molar-refractivity contribution in [3.63, 3.8) is 0 Å². The molecule has 1 aromatic heterocycles. The fourth-order valence-electron chi connectivity index (χ4n) is 3.63. The van der Waals surface area contributed by atoms with Crippen LogP contribution in [0.5, 0.6) is 5.75 Å². The third-order valence-electron chi connectivity index (χ3n) is 4.73. The van der Waals surface area contributed by atoms with Crippen LogP contribution >= 0.6 is 0 Å². The summed E-state index contributed by atoms with van der Waals surface area (Å²) in [7, 11) is 0. The fraction of sp³-hybridized carbons (Fsp3) is 0.500. The van der Waals surface area contributed by atoms with Gasteiger partial charge in [0, 0.05) is 26.4 Å². The molecule has 4 rings (SSSR count). The number of benzene rings is 1. The summed E-state index contributed by atoms with van der Waals surface area (Å²) in [4.78, 5) is 18.3. The molecule has 0 bridgehead atoms. The van der Waals surface area contributed by atoms with Crippen molar-refractivity contribution in [1.82, 2.24) is 15.0 Å². The summed E-state index contributed by atoms with van der Waals surface area (Å²) in [5.41, 5.74) is 1.95. The van der Waals surface area contributed by atoms with Crippen LogP contribution in [-0.2, 0) is 17.8 Å². The Bertz CT molecular complexity index is 773. The molecule has 132 valence electrons. The van der Waals surface area contributed by atoms with Gasteiger partial charge in [0.1, 0.15) is 5.75 Å². The largest absolute Gasteiger partial charge is 0.482 e. The van der Waals surface area contributed by atoms with Gasteiger partial charge in [0.05, 0.1) is 5.69 Å². The van der Waals surface area contributed by atoms with Crippen LogP contribution in [0.2, 0.25) is 0 Å². The van der Waals surface area contributed by atoms with Crippen molar-refractivity contribution in [3.8, 4) is 5.75 Å². The molecule has 0 radical (unpaired) electrons. The van der Waals surface area contributed by atoms with Gasteiger partial charge in [-0.1, -0.05) is 11.2 Å². The van der Waals surface area contributed by atoms with Crippen LogP contribution < -0.4 is 10.1 Å². The number of nitrogens with zero attached hydrogens (tertiary/aromatic N) is 3. The number of amides is 1. The molecule has 1 aromatic carbocycles. The Hall–Kier alpha value is -2.41. The summed E-state index contributed by atoms with van der Waals surface area (Å²) >= 11 is 0. The van der Waals surface area contributed by atoms with Crippen LogP contribution in [-0.4, -0.2) is 40.6 Å². The van der Waals surface area contributed by atoms with Crippen molar-refractivity contribution in [1.29, 1.82) is 0 Å². The first-order chi connectivity index (χ1) is 12.2. The van der Waals surface area contributed by atoms with Gasteiger partial charge in [-0.2, -0.15) is 4.98 Å². The van der Waals surface area contributed by atoms with Crippen molar-refractivity contribution >= 4 is 11.6 Å². The molecule has 0 saturated carbocycles. The van der Waals surface area contributed by atoms with Crippen LogP contribution in [0.4, 0.5) is 5.69 Å². The molecule has 0 spiro atoms. The number of piperidine rings is 1. The molecule has 1 atom stereocenters. The highest BCUT2D eigenvalue weighted by Crippen LogP contribution is 2.29. The molecule has 1 saturated heterocycles. The molecule has 0 aliphatic carbocycles. The maximum atomic E-state index is 11.5. The molecule has 1 fully saturated rings. The summed E-state index contributed by atoms with van der Waals surface area (Å²) < 4.78 is 10.5. The predicted octanol–water partition coefficient (Wildman–Crippen LogP) is 2.16. The van der Waals surface area contributed by atoms with E-state index in [2.05, 4.69) is 26.4 Å². The average molecular weight is 342 g/mol. The number of fused-ring (bicyclic) bond motifs is 1. The first-order valence-corrected chi connectivity index (χ1v) is 8.73. The normalized spacial score (nSPS) is 20.7. The lowest BCUT2D eigenvalue weighted by molar-refractivity contribution is -0.118. The van der Waals surface area contributed by atoms with Crippen molar-refractivity contribution in [3.05, 3.63) is 35.5 Å². The molecule has 2 aliphatic heterocycles. The molecule has 7 heteroatoms. The Balaban J connectivity index is 1.39. The number of ether oxygens (including phenoxy) is 1. The lowest BCUT2D eigenvalue weighted by Gasteiger charge is -2.32. The third kappa shape index (κ3) is 3.82. The van der Waals surface area contributed by atoms with E-state index < -0.39 is 0 Å². The molecular weight excluding hydrogens is 320 g/mol. The summed E-state index contributed by atoms with van der Waals surface area (Å²) in [5, 5.41) is 6.89. The van der Waals surface area contributed by atoms with Gasteiger partial charge in [-0.25, -0.2) is 0 Å². The summed E-state index contributed by atoms with van der Waals surface area (Å²) in [6.07, 6.45) is 3.23. The zero-order chi connectivity index (χ0) is 17.2. The number of nitrogens with one attached hydrogen (secondary N) is 1. The SMILES string of the molecule is Cc1nc(CC2CCCN(Cc3ccc4c(c3)NC(=O)CO4)C2)no1. The number of hydrogen-bond donors (Lipinski definition) is 1. The number of likely N-dealkylation sites (tertiary alicyclic amines) is 1. The maximum absolute atomic E-state index is 11.5. The molecule has 2 aliphatic rings. The second-order valence-electron chi connectivity index (χ2n) is 6.84. The van der Waals surface area contributed by atoms with Gasteiger partial charge in [-0.05, 0) is 43.0 Å². The number of hydrogen-bond acceptors (Lipinski definition) is 6. The predicted molar refractivity (Wildman–Crippen MR) is 91.3 cm³/mol. The van der Waals surface area contributed by atoms with Crippen LogP contribution in [0.1, 0.15) is 30.1 Å². The van der Waals surface area contributed by atoms with E-state index in [1.807, 2.05) is 19.1 Å². The Kier molecular flexibility index (Phi) is 4.40. The van der Waals surface area contributed by atoms with E-state index in [0.717, 1.165) is 43.3 Å². The number of anilines is 1. The molecule has 1 amide bonds. The van der Waals surface area contributed by atoms with E-state index >= 15 is 0 Å². The number of rotatable bonds is 4. The van der Waals surface area contributed by atoms with Gasteiger partial charge in [-0.3, -0.25) is 9.69 Å². The minimum absolute atomic E-state index is 0.0930. The number of aryl methyl sites for hydroxylation is 1. The van der Waals surface area contributed by atoms with Crippen molar-refractivity contribution < 1.29 is 14.1 Å². The number of aromatic nitrogens is 2. The average Bonchev–Trinajstić information content (AvgIpc) is 3.00. The minimum atomic E-state index is -0.0990. The maximum Gasteiger partial charge on any atom is 0.262 e. The van der Waals surface area contributed by atoms with E-state index in [-0.39, 0.29) is 12.5 Å². The lowest BCUT2D eigenvalue weighted by Crippen LogP contribution is -2.36. The van der Waals surface area contributed by atoms with Crippen LogP contribution in [0, 0.1) is 12.8 Å². The topological polar surface area (TPSA) is 80.5 Å². The Morgan fingerprint density at radius 2 is 2.32 bits per heavy atom. The summed E-state index contributed by atoms with van der Waals surface area (Å²) in [6, 6.07) is 6.02. The van der Waals surface area contributed by atoms with E-state index in [1.165, 1.54) is 18.4 Å². The fourth-order valence-corrected chi connectivity index (χ4v) is 3.63. The van der Waals surface area contributed by atoms with Crippen LogP contribution in [0.25, 0.3) is 0 Å². The zero-order valence-electron chi connectivity index (χ0n) is 14.3. The minimum Gasteiger partial charge on any atom is -0.482 e. The Morgan fingerprint density at radius 3 is 3.16 bits per heavy atom.